The van der Waals surface area contributed by atoms with Crippen LogP contribution in [-0.2, 0) is 4.79 Å². The lowest BCUT2D eigenvalue weighted by atomic mass is 9.61. The van der Waals surface area contributed by atoms with E-state index in [1.807, 2.05) is 6.92 Å². The van der Waals surface area contributed by atoms with E-state index in [2.05, 4.69) is 31.3 Å². The van der Waals surface area contributed by atoms with Crippen LogP contribution in [0.4, 0.5) is 0 Å². The van der Waals surface area contributed by atoms with Gasteiger partial charge in [-0.1, -0.05) is 19.9 Å². The van der Waals surface area contributed by atoms with E-state index in [-0.39, 0.29) is 11.3 Å². The van der Waals surface area contributed by atoms with Gasteiger partial charge in [-0.25, -0.2) is 0 Å². The van der Waals surface area contributed by atoms with Crippen molar-refractivity contribution in [2.24, 2.45) is 11.3 Å². The number of allylic oxidation sites excluding steroid dienone is 4. The van der Waals surface area contributed by atoms with Gasteiger partial charge in [-0.15, -0.1) is 0 Å². The maximum absolute atomic E-state index is 11.7. The molecule has 0 radical (unpaired) electrons. The molecule has 1 N–H and O–H groups in total. The van der Waals surface area contributed by atoms with E-state index < -0.39 is 0 Å². The van der Waals surface area contributed by atoms with Gasteiger partial charge in [0.1, 0.15) is 0 Å². The average molecular weight is 229 g/mol. The predicted octanol–water partition coefficient (Wildman–Crippen LogP) is 3.08. The molecule has 1 heterocycles. The van der Waals surface area contributed by atoms with E-state index in [1.54, 1.807) is 0 Å². The second-order valence-electron chi connectivity index (χ2n) is 5.85. The molecule has 2 atom stereocenters. The third kappa shape index (κ3) is 1.36. The number of hydrogen-bond donors (Lipinski definition) is 1. The molecule has 0 spiro atoms. The van der Waals surface area contributed by atoms with Crippen LogP contribution in [0.1, 0.15) is 40.0 Å². The minimum absolute atomic E-state index is 0.0850. The summed E-state index contributed by atoms with van der Waals surface area (Å²) in [5, 5.41) is 2.98. The molecule has 3 aliphatic rings. The molecule has 0 bridgehead atoms. The van der Waals surface area contributed by atoms with Gasteiger partial charge >= 0.3 is 0 Å². The zero-order chi connectivity index (χ0) is 12.2. The SMILES string of the molecule is CC1=C2C[C@@]3(C)C(=CCC[C@@H]3C)C=C2NC1=O. The lowest BCUT2D eigenvalue weighted by Crippen LogP contribution is -2.33. The average Bonchev–Trinajstić information content (AvgIpc) is 2.55. The zero-order valence-corrected chi connectivity index (χ0v) is 10.8. The van der Waals surface area contributed by atoms with Crippen molar-refractivity contribution in [2.45, 2.75) is 40.0 Å². The number of fused-ring (bicyclic) bond motifs is 2. The first-order valence-electron chi connectivity index (χ1n) is 6.46. The molecule has 0 aromatic carbocycles. The monoisotopic (exact) mass is 229 g/mol. The second kappa shape index (κ2) is 3.34. The molecular weight excluding hydrogens is 210 g/mol. The van der Waals surface area contributed by atoms with E-state index >= 15 is 0 Å². The molecule has 2 aliphatic carbocycles. The second-order valence-corrected chi connectivity index (χ2v) is 5.85. The third-order valence-corrected chi connectivity index (χ3v) is 4.92. The molecule has 1 aliphatic heterocycles. The van der Waals surface area contributed by atoms with Gasteiger partial charge in [-0.05, 0) is 54.7 Å². The highest BCUT2D eigenvalue weighted by molar-refractivity contribution is 6.00. The van der Waals surface area contributed by atoms with Crippen molar-refractivity contribution in [3.8, 4) is 0 Å². The van der Waals surface area contributed by atoms with Crippen molar-refractivity contribution in [2.75, 3.05) is 0 Å². The van der Waals surface area contributed by atoms with E-state index in [1.165, 1.54) is 24.0 Å². The molecule has 0 aromatic heterocycles. The first kappa shape index (κ1) is 10.8. The van der Waals surface area contributed by atoms with Gasteiger partial charge in [0.15, 0.2) is 0 Å². The van der Waals surface area contributed by atoms with Crippen molar-refractivity contribution in [1.82, 2.24) is 5.32 Å². The molecule has 0 saturated heterocycles. The molecule has 2 heteroatoms. The van der Waals surface area contributed by atoms with Crippen LogP contribution in [0, 0.1) is 11.3 Å². The number of rotatable bonds is 0. The Bertz CT molecular complexity index is 495. The van der Waals surface area contributed by atoms with Crippen LogP contribution in [0.15, 0.2) is 34.6 Å². The highest BCUT2D eigenvalue weighted by atomic mass is 16.1. The topological polar surface area (TPSA) is 29.1 Å². The Morgan fingerprint density at radius 1 is 1.47 bits per heavy atom. The predicted molar refractivity (Wildman–Crippen MR) is 68.1 cm³/mol. The Morgan fingerprint density at radius 3 is 3.00 bits per heavy atom. The molecule has 0 aromatic rings. The minimum Gasteiger partial charge on any atom is -0.322 e. The Balaban J connectivity index is 2.14. The van der Waals surface area contributed by atoms with Crippen LogP contribution >= 0.6 is 0 Å². The summed E-state index contributed by atoms with van der Waals surface area (Å²) in [7, 11) is 0. The fourth-order valence-electron chi connectivity index (χ4n) is 3.33. The van der Waals surface area contributed by atoms with E-state index in [4.69, 9.17) is 0 Å². The summed E-state index contributed by atoms with van der Waals surface area (Å²) < 4.78 is 0. The molecule has 90 valence electrons. The number of nitrogens with one attached hydrogen (secondary N) is 1. The molecule has 0 saturated carbocycles. The van der Waals surface area contributed by atoms with E-state index in [0.29, 0.717) is 5.92 Å². The van der Waals surface area contributed by atoms with Gasteiger partial charge in [-0.3, -0.25) is 4.79 Å². The summed E-state index contributed by atoms with van der Waals surface area (Å²) >= 11 is 0. The van der Waals surface area contributed by atoms with Crippen LogP contribution < -0.4 is 5.32 Å². The van der Waals surface area contributed by atoms with Gasteiger partial charge in [0, 0.05) is 11.3 Å². The van der Waals surface area contributed by atoms with Crippen LogP contribution in [0.5, 0.6) is 0 Å². The fraction of sp³-hybridized carbons (Fsp3) is 0.533. The Labute approximate surface area is 102 Å². The number of hydrogen-bond acceptors (Lipinski definition) is 1. The molecular formula is C15H19NO. The molecule has 0 unspecified atom stereocenters. The highest BCUT2D eigenvalue weighted by Crippen LogP contribution is 2.52. The first-order chi connectivity index (χ1) is 8.02. The lowest BCUT2D eigenvalue weighted by Gasteiger charge is -2.43. The van der Waals surface area contributed by atoms with E-state index in [9.17, 15) is 4.79 Å². The highest BCUT2D eigenvalue weighted by Gasteiger charge is 2.42. The first-order valence-corrected chi connectivity index (χ1v) is 6.46. The van der Waals surface area contributed by atoms with Crippen molar-refractivity contribution in [3.63, 3.8) is 0 Å². The maximum atomic E-state index is 11.7. The zero-order valence-electron chi connectivity index (χ0n) is 10.8. The number of carbonyl (C=O) groups excluding carboxylic acids is 1. The standard InChI is InChI=1S/C15H19NO/c1-9-5-4-6-11-7-13-12(8-15(9,11)3)10(2)14(17)16-13/h6-7,9H,4-5,8H2,1-3H3,(H,16,17)/t9-,15+/m0/s1. The van der Waals surface area contributed by atoms with Gasteiger partial charge < -0.3 is 5.32 Å². The fourth-order valence-corrected chi connectivity index (χ4v) is 3.33. The van der Waals surface area contributed by atoms with Crippen LogP contribution in [0.3, 0.4) is 0 Å². The summed E-state index contributed by atoms with van der Waals surface area (Å²) in [5.74, 6) is 0.776. The molecule has 3 rings (SSSR count). The minimum atomic E-state index is 0.0850. The summed E-state index contributed by atoms with van der Waals surface area (Å²) in [6, 6.07) is 0. The summed E-state index contributed by atoms with van der Waals surface area (Å²) in [5.41, 5.74) is 4.85. The van der Waals surface area contributed by atoms with Gasteiger partial charge in [0.2, 0.25) is 0 Å². The molecule has 1 amide bonds. The van der Waals surface area contributed by atoms with Crippen molar-refractivity contribution in [3.05, 3.63) is 34.6 Å². The molecule has 17 heavy (non-hydrogen) atoms. The third-order valence-electron chi connectivity index (χ3n) is 4.92. The van der Waals surface area contributed by atoms with Crippen LogP contribution in [-0.4, -0.2) is 5.91 Å². The smallest absolute Gasteiger partial charge is 0.251 e. The van der Waals surface area contributed by atoms with Crippen molar-refractivity contribution >= 4 is 5.91 Å². The van der Waals surface area contributed by atoms with Gasteiger partial charge in [-0.2, -0.15) is 0 Å². The maximum Gasteiger partial charge on any atom is 0.251 e. The van der Waals surface area contributed by atoms with Crippen LogP contribution in [0.2, 0.25) is 0 Å². The molecule has 0 fully saturated rings. The number of amides is 1. The molecule has 2 nitrogen and oxygen atoms in total. The van der Waals surface area contributed by atoms with E-state index in [0.717, 1.165) is 17.7 Å². The van der Waals surface area contributed by atoms with Crippen molar-refractivity contribution in [1.29, 1.82) is 0 Å². The summed E-state index contributed by atoms with van der Waals surface area (Å²) in [4.78, 5) is 11.7. The van der Waals surface area contributed by atoms with Crippen LogP contribution in [0.25, 0.3) is 0 Å². The summed E-state index contributed by atoms with van der Waals surface area (Å²) in [6.07, 6.45) is 7.99. The summed E-state index contributed by atoms with van der Waals surface area (Å²) in [6.45, 7) is 6.63. The van der Waals surface area contributed by atoms with Gasteiger partial charge in [0.25, 0.3) is 5.91 Å². The Hall–Kier alpha value is -1.31. The lowest BCUT2D eigenvalue weighted by molar-refractivity contribution is -0.116. The Morgan fingerprint density at radius 2 is 2.24 bits per heavy atom. The van der Waals surface area contributed by atoms with Crippen molar-refractivity contribution < 1.29 is 4.79 Å². The quantitative estimate of drug-likeness (QED) is 0.679. The van der Waals surface area contributed by atoms with Gasteiger partial charge in [0.05, 0.1) is 0 Å². The normalized spacial score (nSPS) is 35.9. The Kier molecular flexibility index (Phi) is 2.13. The number of carbonyl (C=O) groups is 1. The largest absolute Gasteiger partial charge is 0.322 e.